The lowest BCUT2D eigenvalue weighted by Crippen LogP contribution is -2.48. The average Bonchev–Trinajstić information content (AvgIpc) is 3.19. The zero-order valence-electron chi connectivity index (χ0n) is 17.0. The number of benzene rings is 1. The van der Waals surface area contributed by atoms with Crippen LogP contribution in [0.1, 0.15) is 16.9 Å². The summed E-state index contributed by atoms with van der Waals surface area (Å²) in [6, 6.07) is 8.54. The molecule has 1 saturated heterocycles. The van der Waals surface area contributed by atoms with Crippen molar-refractivity contribution in [3.8, 4) is 5.69 Å². The van der Waals surface area contributed by atoms with Crippen LogP contribution in [0.15, 0.2) is 48.8 Å². The van der Waals surface area contributed by atoms with E-state index in [4.69, 9.17) is 11.5 Å². The molecule has 10 nitrogen and oxygen atoms in total. The van der Waals surface area contributed by atoms with Crippen molar-refractivity contribution in [2.75, 3.05) is 22.1 Å². The van der Waals surface area contributed by atoms with Crippen molar-refractivity contribution in [3.05, 3.63) is 60.3 Å². The second kappa shape index (κ2) is 8.74. The SMILES string of the molecule is NC(=O)c1ncc(N[C@@H]2CS(O)(O)CC[C@@H]2N)cc1Nc1ccn(-c2ccc(F)cc2)n1. The van der Waals surface area contributed by atoms with E-state index < -0.39 is 16.5 Å². The number of carbonyl (C=O) groups is 1. The van der Waals surface area contributed by atoms with E-state index in [9.17, 15) is 18.3 Å². The van der Waals surface area contributed by atoms with E-state index in [1.165, 1.54) is 18.3 Å². The number of hydrogen-bond donors (Lipinski definition) is 6. The van der Waals surface area contributed by atoms with Crippen molar-refractivity contribution >= 4 is 33.7 Å². The van der Waals surface area contributed by atoms with Gasteiger partial charge in [-0.05, 0) is 36.8 Å². The molecular weight excluding hydrogens is 437 g/mol. The normalized spacial score (nSPS) is 21.0. The molecule has 0 spiro atoms. The highest BCUT2D eigenvalue weighted by atomic mass is 32.3. The predicted molar refractivity (Wildman–Crippen MR) is 122 cm³/mol. The number of nitrogens with zero attached hydrogens (tertiary/aromatic N) is 3. The van der Waals surface area contributed by atoms with E-state index in [2.05, 4.69) is 20.7 Å². The molecular formula is C20H24FN7O3S. The van der Waals surface area contributed by atoms with E-state index in [-0.39, 0.29) is 35.1 Å². The molecule has 0 unspecified atom stereocenters. The number of carbonyl (C=O) groups excluding carboxylic acids is 1. The van der Waals surface area contributed by atoms with Crippen LogP contribution in [-0.4, -0.2) is 53.4 Å². The largest absolute Gasteiger partial charge is 0.378 e. The average molecular weight is 462 g/mol. The van der Waals surface area contributed by atoms with Crippen LogP contribution in [0.2, 0.25) is 0 Å². The fourth-order valence-electron chi connectivity index (χ4n) is 3.48. The number of pyridine rings is 1. The van der Waals surface area contributed by atoms with Gasteiger partial charge in [-0.2, -0.15) is 15.7 Å². The number of amides is 1. The van der Waals surface area contributed by atoms with Gasteiger partial charge in [0.2, 0.25) is 0 Å². The van der Waals surface area contributed by atoms with E-state index in [1.807, 2.05) is 0 Å². The summed E-state index contributed by atoms with van der Waals surface area (Å²) >= 11 is 0. The van der Waals surface area contributed by atoms with Crippen molar-refractivity contribution in [2.45, 2.75) is 18.5 Å². The lowest BCUT2D eigenvalue weighted by molar-refractivity contribution is 0.0996. The van der Waals surface area contributed by atoms with Crippen LogP contribution < -0.4 is 22.1 Å². The van der Waals surface area contributed by atoms with Crippen molar-refractivity contribution in [1.82, 2.24) is 14.8 Å². The Labute approximate surface area is 185 Å². The third-order valence-electron chi connectivity index (χ3n) is 5.16. The van der Waals surface area contributed by atoms with E-state index in [0.717, 1.165) is 0 Å². The molecule has 2 aromatic heterocycles. The molecule has 1 aliphatic rings. The van der Waals surface area contributed by atoms with Crippen LogP contribution in [0.5, 0.6) is 0 Å². The summed E-state index contributed by atoms with van der Waals surface area (Å²) < 4.78 is 34.8. The smallest absolute Gasteiger partial charge is 0.269 e. The number of hydrogen-bond acceptors (Lipinski definition) is 8. The molecule has 3 heterocycles. The van der Waals surface area contributed by atoms with Crippen LogP contribution in [-0.2, 0) is 0 Å². The van der Waals surface area contributed by atoms with Crippen LogP contribution in [0.25, 0.3) is 5.69 Å². The highest BCUT2D eigenvalue weighted by Crippen LogP contribution is 2.44. The van der Waals surface area contributed by atoms with Gasteiger partial charge in [0.1, 0.15) is 5.82 Å². The molecule has 1 amide bonds. The lowest BCUT2D eigenvalue weighted by atomic mass is 10.1. The molecule has 0 radical (unpaired) electrons. The molecule has 32 heavy (non-hydrogen) atoms. The Morgan fingerprint density at radius 3 is 2.72 bits per heavy atom. The number of halogens is 1. The van der Waals surface area contributed by atoms with Crippen molar-refractivity contribution < 1.29 is 18.3 Å². The molecule has 170 valence electrons. The fourth-order valence-corrected chi connectivity index (χ4v) is 5.21. The summed E-state index contributed by atoms with van der Waals surface area (Å²) in [6.07, 6.45) is 3.61. The molecule has 12 heteroatoms. The molecule has 1 aromatic carbocycles. The minimum absolute atomic E-state index is 0.0177. The summed E-state index contributed by atoms with van der Waals surface area (Å²) in [4.78, 5) is 16.0. The van der Waals surface area contributed by atoms with E-state index in [1.54, 1.807) is 35.1 Å². The zero-order chi connectivity index (χ0) is 22.9. The number of nitrogens with one attached hydrogen (secondary N) is 2. The highest BCUT2D eigenvalue weighted by Gasteiger charge is 2.31. The summed E-state index contributed by atoms with van der Waals surface area (Å²) in [7, 11) is -2.68. The summed E-state index contributed by atoms with van der Waals surface area (Å²) in [6.45, 7) is 0. The zero-order valence-corrected chi connectivity index (χ0v) is 17.8. The Kier molecular flexibility index (Phi) is 6.02. The number of anilines is 3. The Morgan fingerprint density at radius 2 is 2.00 bits per heavy atom. The second-order valence-electron chi connectivity index (χ2n) is 7.61. The summed E-state index contributed by atoms with van der Waals surface area (Å²) in [5.41, 5.74) is 13.1. The Bertz CT molecular complexity index is 1120. The molecule has 8 N–H and O–H groups in total. The third-order valence-corrected chi connectivity index (χ3v) is 6.94. The minimum atomic E-state index is -2.68. The highest BCUT2D eigenvalue weighted by molar-refractivity contribution is 8.24. The van der Waals surface area contributed by atoms with Crippen LogP contribution >= 0.6 is 10.6 Å². The molecule has 3 aromatic rings. The summed E-state index contributed by atoms with van der Waals surface area (Å²) in [5, 5.41) is 10.6. The standard InChI is InChI=1S/C20H24FN7O3S/c21-12-1-3-14(4-2-12)28-7-5-18(27-28)26-16-9-13(10-24-19(16)20(23)29)25-17-11-32(30,31)8-6-15(17)22/h1-5,7,9-10,15,17,25,30-31H,6,8,11,22H2,(H2,23,29)(H,26,27)/t15-,17+/m0/s1. The third kappa shape index (κ3) is 4.99. The lowest BCUT2D eigenvalue weighted by Gasteiger charge is -2.43. The first kappa shape index (κ1) is 22.0. The van der Waals surface area contributed by atoms with Gasteiger partial charge in [0.15, 0.2) is 11.5 Å². The molecule has 0 bridgehead atoms. The van der Waals surface area contributed by atoms with Crippen LogP contribution in [0.4, 0.5) is 21.6 Å². The van der Waals surface area contributed by atoms with Gasteiger partial charge < -0.3 is 22.1 Å². The Hall–Kier alpha value is -3.19. The first-order valence-corrected chi connectivity index (χ1v) is 11.7. The van der Waals surface area contributed by atoms with Gasteiger partial charge in [-0.25, -0.2) is 14.1 Å². The topological polar surface area (TPSA) is 164 Å². The molecule has 0 aliphatic carbocycles. The van der Waals surface area contributed by atoms with E-state index >= 15 is 0 Å². The maximum Gasteiger partial charge on any atom is 0.269 e. The van der Waals surface area contributed by atoms with Crippen LogP contribution in [0.3, 0.4) is 0 Å². The van der Waals surface area contributed by atoms with Crippen molar-refractivity contribution in [3.63, 3.8) is 0 Å². The van der Waals surface area contributed by atoms with Gasteiger partial charge in [-0.1, -0.05) is 0 Å². The van der Waals surface area contributed by atoms with Crippen molar-refractivity contribution in [1.29, 1.82) is 0 Å². The van der Waals surface area contributed by atoms with Gasteiger partial charge >= 0.3 is 0 Å². The quantitative estimate of drug-likeness (QED) is 0.326. The monoisotopic (exact) mass is 461 g/mol. The van der Waals surface area contributed by atoms with Gasteiger partial charge in [0.25, 0.3) is 5.91 Å². The molecule has 1 fully saturated rings. The second-order valence-corrected chi connectivity index (χ2v) is 9.95. The summed E-state index contributed by atoms with van der Waals surface area (Å²) in [5.74, 6) is -0.231. The number of aromatic nitrogens is 3. The number of nitrogens with two attached hydrogens (primary N) is 2. The molecule has 2 atom stereocenters. The maximum absolute atomic E-state index is 13.2. The Morgan fingerprint density at radius 1 is 1.25 bits per heavy atom. The fraction of sp³-hybridized carbons (Fsp3) is 0.250. The predicted octanol–water partition coefficient (Wildman–Crippen LogP) is 2.51. The maximum atomic E-state index is 13.2. The number of primary amides is 1. The van der Waals surface area contributed by atoms with Gasteiger partial charge in [-0.15, -0.1) is 0 Å². The van der Waals surface area contributed by atoms with Gasteiger partial charge in [-0.3, -0.25) is 13.9 Å². The first-order valence-electron chi connectivity index (χ1n) is 9.84. The number of rotatable bonds is 6. The van der Waals surface area contributed by atoms with Crippen LogP contribution in [0, 0.1) is 5.82 Å². The molecule has 1 aliphatic heterocycles. The Balaban J connectivity index is 1.56. The first-order chi connectivity index (χ1) is 15.2. The molecule has 4 rings (SSSR count). The van der Waals surface area contributed by atoms with Gasteiger partial charge in [0.05, 0.1) is 35.1 Å². The van der Waals surface area contributed by atoms with Crippen molar-refractivity contribution in [2.24, 2.45) is 11.5 Å². The van der Waals surface area contributed by atoms with E-state index in [0.29, 0.717) is 29.3 Å². The van der Waals surface area contributed by atoms with Gasteiger partial charge in [0, 0.05) is 24.1 Å². The minimum Gasteiger partial charge on any atom is -0.378 e. The molecule has 0 saturated carbocycles.